The molecular weight excluding hydrogens is 385 g/mol. The summed E-state index contributed by atoms with van der Waals surface area (Å²) in [4.78, 5) is 24.0. The van der Waals surface area contributed by atoms with Crippen molar-refractivity contribution in [3.63, 3.8) is 0 Å². The SMILES string of the molecule is CCCOc1ccc2ccccc2c1C=NNC(=O)CC(=O)Nc1ccccc1F. The summed E-state index contributed by atoms with van der Waals surface area (Å²) in [5.74, 6) is -1.16. The minimum absolute atomic E-state index is 0.0206. The standard InChI is InChI=1S/C23H22FN3O3/c1-2-13-30-21-12-11-16-7-3-4-8-17(16)18(21)15-25-27-23(29)14-22(28)26-20-10-6-5-9-19(20)24/h3-12,15H,2,13-14H2,1H3,(H,26,28)(H,27,29). The molecule has 0 aliphatic rings. The quantitative estimate of drug-likeness (QED) is 0.333. The highest BCUT2D eigenvalue weighted by molar-refractivity contribution is 6.05. The molecule has 154 valence electrons. The lowest BCUT2D eigenvalue weighted by Gasteiger charge is -2.11. The molecule has 0 bridgehead atoms. The zero-order chi connectivity index (χ0) is 21.3. The van der Waals surface area contributed by atoms with Crippen LogP contribution in [-0.4, -0.2) is 24.6 Å². The first kappa shape index (κ1) is 21.0. The summed E-state index contributed by atoms with van der Waals surface area (Å²) in [5, 5.41) is 8.28. The average molecular weight is 407 g/mol. The normalized spacial score (nSPS) is 10.9. The number of carbonyl (C=O) groups is 2. The minimum atomic E-state index is -0.634. The van der Waals surface area contributed by atoms with E-state index in [0.717, 1.165) is 22.8 Å². The molecule has 0 saturated carbocycles. The molecular formula is C23H22FN3O3. The van der Waals surface area contributed by atoms with Crippen LogP contribution >= 0.6 is 0 Å². The van der Waals surface area contributed by atoms with E-state index in [-0.39, 0.29) is 5.69 Å². The van der Waals surface area contributed by atoms with Gasteiger partial charge in [-0.2, -0.15) is 5.10 Å². The van der Waals surface area contributed by atoms with Crippen molar-refractivity contribution in [1.82, 2.24) is 5.43 Å². The Balaban J connectivity index is 1.67. The Kier molecular flexibility index (Phi) is 7.10. The van der Waals surface area contributed by atoms with Gasteiger partial charge in [-0.05, 0) is 35.4 Å². The highest BCUT2D eigenvalue weighted by atomic mass is 19.1. The Morgan fingerprint density at radius 3 is 2.60 bits per heavy atom. The molecule has 0 aromatic heterocycles. The van der Waals surface area contributed by atoms with Crippen LogP contribution in [-0.2, 0) is 9.59 Å². The van der Waals surface area contributed by atoms with Gasteiger partial charge in [0.05, 0.1) is 18.5 Å². The first-order valence-electron chi connectivity index (χ1n) is 9.59. The number of carbonyl (C=O) groups excluding carboxylic acids is 2. The number of anilines is 1. The van der Waals surface area contributed by atoms with Crippen LogP contribution in [0.15, 0.2) is 65.8 Å². The predicted octanol–water partition coefficient (Wildman–Crippen LogP) is 4.25. The molecule has 3 aromatic rings. The second-order valence-corrected chi connectivity index (χ2v) is 6.54. The minimum Gasteiger partial charge on any atom is -0.493 e. The summed E-state index contributed by atoms with van der Waals surface area (Å²) < 4.78 is 19.4. The van der Waals surface area contributed by atoms with Crippen molar-refractivity contribution in [3.05, 3.63) is 72.0 Å². The maximum atomic E-state index is 13.6. The molecule has 2 N–H and O–H groups in total. The van der Waals surface area contributed by atoms with Gasteiger partial charge >= 0.3 is 0 Å². The van der Waals surface area contributed by atoms with Gasteiger partial charge in [0.15, 0.2) is 0 Å². The fourth-order valence-corrected chi connectivity index (χ4v) is 2.86. The monoisotopic (exact) mass is 407 g/mol. The van der Waals surface area contributed by atoms with Crippen LogP contribution in [0.5, 0.6) is 5.75 Å². The molecule has 0 aliphatic carbocycles. The van der Waals surface area contributed by atoms with Gasteiger partial charge in [-0.1, -0.05) is 49.4 Å². The Hall–Kier alpha value is -3.74. The van der Waals surface area contributed by atoms with Crippen LogP contribution in [0.1, 0.15) is 25.3 Å². The summed E-state index contributed by atoms with van der Waals surface area (Å²) >= 11 is 0. The number of nitrogens with one attached hydrogen (secondary N) is 2. The Bertz CT molecular complexity index is 1080. The highest BCUT2D eigenvalue weighted by Crippen LogP contribution is 2.26. The van der Waals surface area contributed by atoms with E-state index in [1.807, 2.05) is 43.3 Å². The molecule has 30 heavy (non-hydrogen) atoms. The van der Waals surface area contributed by atoms with E-state index in [9.17, 15) is 14.0 Å². The van der Waals surface area contributed by atoms with Gasteiger partial charge in [-0.3, -0.25) is 9.59 Å². The first-order chi connectivity index (χ1) is 14.6. The molecule has 0 radical (unpaired) electrons. The van der Waals surface area contributed by atoms with Crippen molar-refractivity contribution in [2.45, 2.75) is 19.8 Å². The first-order valence-corrected chi connectivity index (χ1v) is 9.59. The van der Waals surface area contributed by atoms with Gasteiger partial charge < -0.3 is 10.1 Å². The lowest BCUT2D eigenvalue weighted by atomic mass is 10.0. The van der Waals surface area contributed by atoms with Crippen molar-refractivity contribution in [1.29, 1.82) is 0 Å². The third-order valence-electron chi connectivity index (χ3n) is 4.24. The van der Waals surface area contributed by atoms with Gasteiger partial charge in [0.2, 0.25) is 11.8 Å². The number of amides is 2. The zero-order valence-electron chi connectivity index (χ0n) is 16.5. The second kappa shape index (κ2) is 10.2. The van der Waals surface area contributed by atoms with E-state index in [1.54, 1.807) is 6.07 Å². The van der Waals surface area contributed by atoms with E-state index in [0.29, 0.717) is 12.4 Å². The Morgan fingerprint density at radius 2 is 1.80 bits per heavy atom. The molecule has 2 amide bonds. The van der Waals surface area contributed by atoms with Crippen molar-refractivity contribution in [2.24, 2.45) is 5.10 Å². The number of benzene rings is 3. The number of hydrogen-bond acceptors (Lipinski definition) is 4. The number of hydrogen-bond donors (Lipinski definition) is 2. The van der Waals surface area contributed by atoms with Gasteiger partial charge in [-0.15, -0.1) is 0 Å². The van der Waals surface area contributed by atoms with Crippen molar-refractivity contribution in [2.75, 3.05) is 11.9 Å². The molecule has 3 aromatic carbocycles. The Morgan fingerprint density at radius 1 is 1.03 bits per heavy atom. The van der Waals surface area contributed by atoms with Crippen LogP contribution in [0.4, 0.5) is 10.1 Å². The van der Waals surface area contributed by atoms with Gasteiger partial charge in [0.1, 0.15) is 18.0 Å². The average Bonchev–Trinajstić information content (AvgIpc) is 2.74. The number of para-hydroxylation sites is 1. The van der Waals surface area contributed by atoms with E-state index in [2.05, 4.69) is 15.8 Å². The van der Waals surface area contributed by atoms with Crippen LogP contribution < -0.4 is 15.5 Å². The highest BCUT2D eigenvalue weighted by Gasteiger charge is 2.11. The van der Waals surface area contributed by atoms with Gasteiger partial charge in [0.25, 0.3) is 0 Å². The van der Waals surface area contributed by atoms with Crippen LogP contribution in [0, 0.1) is 5.82 Å². The van der Waals surface area contributed by atoms with Gasteiger partial charge in [0, 0.05) is 5.56 Å². The summed E-state index contributed by atoms with van der Waals surface area (Å²) in [6, 6.07) is 17.3. The smallest absolute Gasteiger partial charge is 0.249 e. The van der Waals surface area contributed by atoms with Crippen LogP contribution in [0.3, 0.4) is 0 Å². The zero-order valence-corrected chi connectivity index (χ0v) is 16.5. The molecule has 3 rings (SSSR count). The number of ether oxygens (including phenoxy) is 1. The van der Waals surface area contributed by atoms with Crippen molar-refractivity contribution in [3.8, 4) is 5.75 Å². The maximum Gasteiger partial charge on any atom is 0.249 e. The molecule has 7 heteroatoms. The topological polar surface area (TPSA) is 79.8 Å². The fourth-order valence-electron chi connectivity index (χ4n) is 2.86. The molecule has 0 spiro atoms. The molecule has 0 saturated heterocycles. The lowest BCUT2D eigenvalue weighted by Crippen LogP contribution is -2.25. The third kappa shape index (κ3) is 5.41. The summed E-state index contributed by atoms with van der Waals surface area (Å²) in [6.07, 6.45) is 1.87. The summed E-state index contributed by atoms with van der Waals surface area (Å²) in [7, 11) is 0. The maximum absolute atomic E-state index is 13.6. The van der Waals surface area contributed by atoms with Crippen LogP contribution in [0.25, 0.3) is 10.8 Å². The summed E-state index contributed by atoms with van der Waals surface area (Å²) in [6.45, 7) is 2.57. The predicted molar refractivity (Wildman–Crippen MR) is 115 cm³/mol. The van der Waals surface area contributed by atoms with Crippen molar-refractivity contribution < 1.29 is 18.7 Å². The number of halogens is 1. The van der Waals surface area contributed by atoms with E-state index < -0.39 is 24.1 Å². The molecule has 0 unspecified atom stereocenters. The van der Waals surface area contributed by atoms with Crippen LogP contribution in [0.2, 0.25) is 0 Å². The van der Waals surface area contributed by atoms with Crippen molar-refractivity contribution >= 4 is 34.5 Å². The number of hydrazone groups is 1. The van der Waals surface area contributed by atoms with E-state index in [4.69, 9.17) is 4.74 Å². The Labute approximate surface area is 173 Å². The largest absolute Gasteiger partial charge is 0.493 e. The molecule has 6 nitrogen and oxygen atoms in total. The third-order valence-corrected chi connectivity index (χ3v) is 4.24. The van der Waals surface area contributed by atoms with E-state index >= 15 is 0 Å². The molecule has 0 atom stereocenters. The molecule has 0 aliphatic heterocycles. The van der Waals surface area contributed by atoms with E-state index in [1.165, 1.54) is 24.4 Å². The lowest BCUT2D eigenvalue weighted by molar-refractivity contribution is -0.126. The fraction of sp³-hybridized carbons (Fsp3) is 0.174. The van der Waals surface area contributed by atoms with Gasteiger partial charge in [-0.25, -0.2) is 9.82 Å². The number of fused-ring (bicyclic) bond motifs is 1. The summed E-state index contributed by atoms with van der Waals surface area (Å²) in [5.41, 5.74) is 3.09. The number of rotatable bonds is 8. The molecule has 0 heterocycles. The molecule has 0 fully saturated rings. The number of nitrogens with zero attached hydrogens (tertiary/aromatic N) is 1. The second-order valence-electron chi connectivity index (χ2n) is 6.54.